The number of guanidine groups is 1. The van der Waals surface area contributed by atoms with Gasteiger partial charge in [-0.1, -0.05) is 12.1 Å². The molecule has 1 saturated heterocycles. The second-order valence-corrected chi connectivity index (χ2v) is 6.25. The summed E-state index contributed by atoms with van der Waals surface area (Å²) in [7, 11) is 0. The van der Waals surface area contributed by atoms with Crippen LogP contribution in [0.1, 0.15) is 25.3 Å². The van der Waals surface area contributed by atoms with Crippen molar-refractivity contribution < 1.29 is 4.39 Å². The maximum Gasteiger partial charge on any atom is 0.191 e. The molecule has 2 N–H and O–H groups in total. The van der Waals surface area contributed by atoms with Gasteiger partial charge in [-0.15, -0.1) is 24.0 Å². The monoisotopic (exact) mass is 423 g/mol. The van der Waals surface area contributed by atoms with Gasteiger partial charge in [0, 0.05) is 18.3 Å². The molecule has 1 aromatic carbocycles. The van der Waals surface area contributed by atoms with E-state index in [0.717, 1.165) is 24.6 Å². The zero-order valence-corrected chi connectivity index (χ0v) is 15.4. The highest BCUT2D eigenvalue weighted by atomic mass is 127. The third-order valence-corrected chi connectivity index (χ3v) is 4.60. The summed E-state index contributed by atoms with van der Waals surface area (Å²) in [5.74, 6) is 1.90. The highest BCUT2D eigenvalue weighted by molar-refractivity contribution is 14.0. The predicted octanol–water partition coefficient (Wildman–Crippen LogP) is 3.39. The lowest BCUT2D eigenvalue weighted by atomic mass is 10.2. The third kappa shape index (κ3) is 6.86. The fraction of sp³-hybridized carbons (Fsp3) is 0.533. The van der Waals surface area contributed by atoms with Gasteiger partial charge >= 0.3 is 0 Å². The normalized spacial score (nSPS) is 18.2. The lowest BCUT2D eigenvalue weighted by Crippen LogP contribution is -2.40. The van der Waals surface area contributed by atoms with Gasteiger partial charge in [0.2, 0.25) is 0 Å². The van der Waals surface area contributed by atoms with Gasteiger partial charge in [0.25, 0.3) is 0 Å². The number of halogens is 2. The molecule has 21 heavy (non-hydrogen) atoms. The van der Waals surface area contributed by atoms with Crippen molar-refractivity contribution in [2.24, 2.45) is 4.99 Å². The molecule has 1 aliphatic heterocycles. The van der Waals surface area contributed by atoms with Crippen LogP contribution < -0.4 is 10.6 Å². The van der Waals surface area contributed by atoms with Crippen LogP contribution in [0.2, 0.25) is 0 Å². The first-order valence-corrected chi connectivity index (χ1v) is 8.21. The van der Waals surface area contributed by atoms with E-state index in [4.69, 9.17) is 0 Å². The summed E-state index contributed by atoms with van der Waals surface area (Å²) in [5, 5.41) is 7.33. The molecule has 0 aliphatic carbocycles. The number of rotatable bonds is 5. The Balaban J connectivity index is 0.00000220. The predicted molar refractivity (Wildman–Crippen MR) is 100 cm³/mol. The fourth-order valence-electron chi connectivity index (χ4n) is 2.12. The van der Waals surface area contributed by atoms with Crippen molar-refractivity contribution in [3.8, 4) is 0 Å². The SMILES string of the molecule is CCNC(=NCc1ccc(F)cc1)NCC1CCCS1.I. The highest BCUT2D eigenvalue weighted by Crippen LogP contribution is 2.25. The smallest absolute Gasteiger partial charge is 0.191 e. The van der Waals surface area contributed by atoms with Crippen LogP contribution in [0.5, 0.6) is 0 Å². The first kappa shape index (κ1) is 18.5. The minimum absolute atomic E-state index is 0. The van der Waals surface area contributed by atoms with Crippen molar-refractivity contribution >= 4 is 41.7 Å². The summed E-state index contributed by atoms with van der Waals surface area (Å²) in [4.78, 5) is 4.54. The van der Waals surface area contributed by atoms with Gasteiger partial charge in [0.05, 0.1) is 6.54 Å². The molecule has 0 bridgehead atoms. The summed E-state index contributed by atoms with van der Waals surface area (Å²) < 4.78 is 12.8. The maximum absolute atomic E-state index is 12.8. The Morgan fingerprint density at radius 1 is 1.33 bits per heavy atom. The van der Waals surface area contributed by atoms with Crippen LogP contribution in [0.25, 0.3) is 0 Å². The molecule has 1 unspecified atom stereocenters. The molecule has 1 aliphatic rings. The van der Waals surface area contributed by atoms with E-state index in [1.165, 1.54) is 30.7 Å². The van der Waals surface area contributed by atoms with Crippen LogP contribution in [0, 0.1) is 5.82 Å². The highest BCUT2D eigenvalue weighted by Gasteiger charge is 2.15. The van der Waals surface area contributed by atoms with Crippen molar-refractivity contribution in [1.29, 1.82) is 0 Å². The number of aliphatic imine (C=N–C) groups is 1. The standard InChI is InChI=1S/C15H22FN3S.HI/c1-2-17-15(19-11-14-4-3-9-20-14)18-10-12-5-7-13(16)8-6-12;/h5-8,14H,2-4,9-11H2,1H3,(H2,17,18,19);1H. The van der Waals surface area contributed by atoms with E-state index in [9.17, 15) is 4.39 Å². The van der Waals surface area contributed by atoms with Gasteiger partial charge in [-0.25, -0.2) is 9.38 Å². The van der Waals surface area contributed by atoms with Gasteiger partial charge in [-0.2, -0.15) is 11.8 Å². The molecule has 1 aromatic rings. The van der Waals surface area contributed by atoms with E-state index < -0.39 is 0 Å². The Morgan fingerprint density at radius 3 is 2.71 bits per heavy atom. The van der Waals surface area contributed by atoms with Gasteiger partial charge < -0.3 is 10.6 Å². The van der Waals surface area contributed by atoms with Crippen LogP contribution in [-0.4, -0.2) is 30.1 Å². The minimum atomic E-state index is -0.207. The molecule has 0 amide bonds. The molecule has 3 nitrogen and oxygen atoms in total. The van der Waals surface area contributed by atoms with Crippen LogP contribution in [0.15, 0.2) is 29.3 Å². The number of benzene rings is 1. The number of nitrogens with zero attached hydrogens (tertiary/aromatic N) is 1. The Kier molecular flexibility index (Phi) is 9.07. The van der Waals surface area contributed by atoms with Crippen LogP contribution in [-0.2, 0) is 6.54 Å². The van der Waals surface area contributed by atoms with Gasteiger partial charge in [0.15, 0.2) is 5.96 Å². The Morgan fingerprint density at radius 2 is 2.10 bits per heavy atom. The molecule has 118 valence electrons. The van der Waals surface area contributed by atoms with Crippen molar-refractivity contribution in [3.63, 3.8) is 0 Å². The van der Waals surface area contributed by atoms with Crippen molar-refractivity contribution in [2.45, 2.75) is 31.6 Å². The molecule has 1 heterocycles. The average molecular weight is 423 g/mol. The Labute approximate surface area is 147 Å². The van der Waals surface area contributed by atoms with Crippen LogP contribution >= 0.6 is 35.7 Å². The summed E-state index contributed by atoms with van der Waals surface area (Å²) in [6.07, 6.45) is 2.61. The lowest BCUT2D eigenvalue weighted by molar-refractivity contribution is 0.627. The molecule has 2 rings (SSSR count). The number of hydrogen-bond donors (Lipinski definition) is 2. The van der Waals surface area contributed by atoms with Gasteiger partial charge in [0.1, 0.15) is 5.82 Å². The fourth-order valence-corrected chi connectivity index (χ4v) is 3.32. The lowest BCUT2D eigenvalue weighted by Gasteiger charge is -2.14. The van der Waals surface area contributed by atoms with E-state index in [0.29, 0.717) is 11.8 Å². The molecule has 6 heteroatoms. The summed E-state index contributed by atoms with van der Waals surface area (Å²) in [5.41, 5.74) is 1.01. The van der Waals surface area contributed by atoms with E-state index >= 15 is 0 Å². The van der Waals surface area contributed by atoms with E-state index in [-0.39, 0.29) is 29.8 Å². The van der Waals surface area contributed by atoms with E-state index in [1.807, 2.05) is 11.8 Å². The third-order valence-electron chi connectivity index (χ3n) is 3.20. The quantitative estimate of drug-likeness (QED) is 0.433. The topological polar surface area (TPSA) is 36.4 Å². The van der Waals surface area contributed by atoms with Crippen molar-refractivity contribution in [3.05, 3.63) is 35.6 Å². The van der Waals surface area contributed by atoms with Gasteiger partial charge in [-0.3, -0.25) is 0 Å². The number of hydrogen-bond acceptors (Lipinski definition) is 2. The average Bonchev–Trinajstić information content (AvgIpc) is 2.97. The molecule has 1 fully saturated rings. The Bertz CT molecular complexity index is 433. The largest absolute Gasteiger partial charge is 0.357 e. The first-order chi connectivity index (χ1) is 9.78. The maximum atomic E-state index is 12.8. The first-order valence-electron chi connectivity index (χ1n) is 7.16. The molecular formula is C15H23FIN3S. The van der Waals surface area contributed by atoms with Gasteiger partial charge in [-0.05, 0) is 43.2 Å². The Hall–Kier alpha value is -0.500. The number of thioether (sulfide) groups is 1. The van der Waals surface area contributed by atoms with Crippen molar-refractivity contribution in [1.82, 2.24) is 10.6 Å². The molecular weight excluding hydrogens is 400 g/mol. The molecule has 0 spiro atoms. The summed E-state index contributed by atoms with van der Waals surface area (Å²) in [6, 6.07) is 6.49. The number of nitrogens with one attached hydrogen (secondary N) is 2. The molecule has 0 saturated carbocycles. The molecule has 0 radical (unpaired) electrons. The second kappa shape index (κ2) is 10.3. The zero-order chi connectivity index (χ0) is 14.2. The molecule has 1 atom stereocenters. The van der Waals surface area contributed by atoms with E-state index in [1.54, 1.807) is 12.1 Å². The second-order valence-electron chi connectivity index (χ2n) is 4.84. The zero-order valence-electron chi connectivity index (χ0n) is 12.3. The summed E-state index contributed by atoms with van der Waals surface area (Å²) in [6.45, 7) is 4.42. The summed E-state index contributed by atoms with van der Waals surface area (Å²) >= 11 is 2.03. The van der Waals surface area contributed by atoms with Crippen LogP contribution in [0.4, 0.5) is 4.39 Å². The minimum Gasteiger partial charge on any atom is -0.357 e. The van der Waals surface area contributed by atoms with Crippen LogP contribution in [0.3, 0.4) is 0 Å². The van der Waals surface area contributed by atoms with Crippen molar-refractivity contribution in [2.75, 3.05) is 18.8 Å². The van der Waals surface area contributed by atoms with E-state index in [2.05, 4.69) is 22.5 Å². The molecule has 0 aromatic heterocycles.